The van der Waals surface area contributed by atoms with Crippen molar-refractivity contribution in [3.8, 4) is 0 Å². The van der Waals surface area contributed by atoms with Crippen LogP contribution in [0.2, 0.25) is 0 Å². The summed E-state index contributed by atoms with van der Waals surface area (Å²) < 4.78 is 0. The van der Waals surface area contributed by atoms with Crippen molar-refractivity contribution in [2.45, 2.75) is 33.1 Å². The minimum Gasteiger partial charge on any atom is -0.274 e. The van der Waals surface area contributed by atoms with Gasteiger partial charge in [-0.3, -0.25) is 19.2 Å². The molecule has 3 aromatic carbocycles. The van der Waals surface area contributed by atoms with Crippen LogP contribution in [0.15, 0.2) is 78.9 Å². The Morgan fingerprint density at radius 1 is 0.600 bits per heavy atom. The SMILES string of the molecule is Cc1ccc(N2C(=O)[C@@H]3C4C=CC(c5ccccc5)([C@@H]3C2=O)[C@@H]2C(=O)N(c3ccc(C)cc3C)C(=O)[C@H]42)c(C)c1. The molecule has 4 atom stereocenters. The van der Waals surface area contributed by atoms with Gasteiger partial charge in [0.05, 0.1) is 35.0 Å². The van der Waals surface area contributed by atoms with Gasteiger partial charge in [0.2, 0.25) is 23.6 Å². The Balaban J connectivity index is 1.43. The lowest BCUT2D eigenvalue weighted by molar-refractivity contribution is -0.140. The van der Waals surface area contributed by atoms with E-state index >= 15 is 0 Å². The van der Waals surface area contributed by atoms with Crippen molar-refractivity contribution < 1.29 is 19.2 Å². The Morgan fingerprint density at radius 3 is 1.52 bits per heavy atom. The molecule has 6 nitrogen and oxygen atoms in total. The average Bonchev–Trinajstić information content (AvgIpc) is 3.37. The van der Waals surface area contributed by atoms with Crippen LogP contribution in [0.3, 0.4) is 0 Å². The van der Waals surface area contributed by atoms with Crippen molar-refractivity contribution in [1.29, 1.82) is 0 Å². The first-order valence-electron chi connectivity index (χ1n) is 13.8. The van der Waals surface area contributed by atoms with E-state index in [1.165, 1.54) is 9.80 Å². The van der Waals surface area contributed by atoms with Gasteiger partial charge in [-0.25, -0.2) is 9.80 Å². The molecule has 5 aliphatic rings. The summed E-state index contributed by atoms with van der Waals surface area (Å²) in [6.45, 7) is 7.74. The Labute approximate surface area is 233 Å². The van der Waals surface area contributed by atoms with Crippen LogP contribution in [0.5, 0.6) is 0 Å². The van der Waals surface area contributed by atoms with E-state index in [1.807, 2.05) is 107 Å². The summed E-state index contributed by atoms with van der Waals surface area (Å²) in [5, 5.41) is 0. The third-order valence-electron chi connectivity index (χ3n) is 9.62. The van der Waals surface area contributed by atoms with Crippen LogP contribution >= 0.6 is 0 Å². The highest BCUT2D eigenvalue weighted by Gasteiger charge is 2.75. The summed E-state index contributed by atoms with van der Waals surface area (Å²) in [6, 6.07) is 20.8. The third kappa shape index (κ3) is 2.99. The predicted octanol–water partition coefficient (Wildman–Crippen LogP) is 4.97. The maximum Gasteiger partial charge on any atom is 0.238 e. The smallest absolute Gasteiger partial charge is 0.238 e. The molecule has 6 heteroatoms. The molecule has 0 aromatic heterocycles. The van der Waals surface area contributed by atoms with Gasteiger partial charge in [-0.2, -0.15) is 0 Å². The zero-order chi connectivity index (χ0) is 28.1. The molecule has 2 saturated heterocycles. The fourth-order valence-corrected chi connectivity index (χ4v) is 8.07. The molecule has 200 valence electrons. The summed E-state index contributed by atoms with van der Waals surface area (Å²) in [4.78, 5) is 60.0. The van der Waals surface area contributed by atoms with Gasteiger partial charge in [-0.1, -0.05) is 77.9 Å². The third-order valence-corrected chi connectivity index (χ3v) is 9.62. The number of imide groups is 2. The van der Waals surface area contributed by atoms with E-state index in [0.29, 0.717) is 11.4 Å². The van der Waals surface area contributed by atoms with E-state index in [-0.39, 0.29) is 23.6 Å². The molecule has 3 aromatic rings. The first-order valence-corrected chi connectivity index (χ1v) is 13.8. The van der Waals surface area contributed by atoms with Crippen molar-refractivity contribution in [2.24, 2.45) is 29.6 Å². The number of carbonyl (C=O) groups is 4. The quantitative estimate of drug-likeness (QED) is 0.354. The molecule has 0 radical (unpaired) electrons. The number of amides is 4. The molecule has 0 N–H and O–H groups in total. The number of benzene rings is 3. The van der Waals surface area contributed by atoms with Crippen molar-refractivity contribution in [3.63, 3.8) is 0 Å². The van der Waals surface area contributed by atoms with E-state index in [2.05, 4.69) is 0 Å². The normalized spacial score (nSPS) is 30.4. The molecule has 2 heterocycles. The number of nitrogens with zero attached hydrogens (tertiary/aromatic N) is 2. The molecule has 0 spiro atoms. The van der Waals surface area contributed by atoms with E-state index < -0.39 is 35.0 Å². The monoisotopic (exact) mass is 530 g/mol. The van der Waals surface area contributed by atoms with E-state index in [4.69, 9.17) is 0 Å². The molecule has 3 aliphatic carbocycles. The first-order chi connectivity index (χ1) is 19.2. The molecule has 1 saturated carbocycles. The van der Waals surface area contributed by atoms with Crippen molar-refractivity contribution in [3.05, 3.63) is 107 Å². The maximum atomic E-state index is 14.4. The summed E-state index contributed by atoms with van der Waals surface area (Å²) in [7, 11) is 0. The summed E-state index contributed by atoms with van der Waals surface area (Å²) >= 11 is 0. The van der Waals surface area contributed by atoms with Crippen LogP contribution in [0.4, 0.5) is 11.4 Å². The van der Waals surface area contributed by atoms with Crippen LogP contribution in [0.25, 0.3) is 0 Å². The Kier molecular flexibility index (Phi) is 5.15. The maximum absolute atomic E-state index is 14.4. The van der Waals surface area contributed by atoms with Crippen LogP contribution in [0, 0.1) is 57.3 Å². The van der Waals surface area contributed by atoms with Gasteiger partial charge < -0.3 is 0 Å². The fraction of sp³-hybridized carbons (Fsp3) is 0.294. The van der Waals surface area contributed by atoms with Gasteiger partial charge in [0.1, 0.15) is 0 Å². The zero-order valence-electron chi connectivity index (χ0n) is 22.9. The number of aryl methyl sites for hydroxylation is 4. The van der Waals surface area contributed by atoms with E-state index in [9.17, 15) is 19.2 Å². The Bertz CT molecular complexity index is 1580. The predicted molar refractivity (Wildman–Crippen MR) is 152 cm³/mol. The summed E-state index contributed by atoms with van der Waals surface area (Å²) in [6.07, 6.45) is 3.89. The van der Waals surface area contributed by atoms with Gasteiger partial charge in [0, 0.05) is 11.3 Å². The molecular weight excluding hydrogens is 500 g/mol. The van der Waals surface area contributed by atoms with Gasteiger partial charge >= 0.3 is 0 Å². The average molecular weight is 531 g/mol. The number of allylic oxidation sites excluding steroid dienone is 2. The molecule has 4 amide bonds. The van der Waals surface area contributed by atoms with Gasteiger partial charge in [-0.15, -0.1) is 0 Å². The van der Waals surface area contributed by atoms with E-state index in [1.54, 1.807) is 0 Å². The molecule has 40 heavy (non-hydrogen) atoms. The van der Waals surface area contributed by atoms with Crippen molar-refractivity contribution in [1.82, 2.24) is 0 Å². The van der Waals surface area contributed by atoms with Gasteiger partial charge in [0.25, 0.3) is 0 Å². The standard InChI is InChI=1S/C34H30N2O4/c1-18-10-12-24(20(3)16-18)35-30(37)26-23-14-15-34(28(26)32(35)39,22-8-6-5-7-9-22)29-27(23)31(38)36(33(29)40)25-13-11-19(2)17-21(25)4/h5-17,23,26-29H,1-4H3/t23?,26-,27-,28+,29+,34?/m1/s1. The minimum atomic E-state index is -1.12. The first kappa shape index (κ1) is 24.7. The molecule has 0 unspecified atom stereocenters. The largest absolute Gasteiger partial charge is 0.274 e. The minimum absolute atomic E-state index is 0.291. The fourth-order valence-electron chi connectivity index (χ4n) is 8.07. The second-order valence-electron chi connectivity index (χ2n) is 11.8. The van der Waals surface area contributed by atoms with Gasteiger partial charge in [-0.05, 0) is 56.5 Å². The zero-order valence-corrected chi connectivity index (χ0v) is 22.9. The van der Waals surface area contributed by atoms with Crippen LogP contribution in [0.1, 0.15) is 27.8 Å². The van der Waals surface area contributed by atoms with Crippen LogP contribution in [-0.4, -0.2) is 23.6 Å². The number of rotatable bonds is 3. The highest BCUT2D eigenvalue weighted by atomic mass is 16.2. The lowest BCUT2D eigenvalue weighted by Crippen LogP contribution is -2.60. The van der Waals surface area contributed by atoms with Gasteiger partial charge in [0.15, 0.2) is 0 Å². The lowest BCUT2D eigenvalue weighted by Gasteiger charge is -2.53. The topological polar surface area (TPSA) is 74.8 Å². The Hall–Kier alpha value is -4.32. The highest BCUT2D eigenvalue weighted by molar-refractivity contribution is 6.27. The van der Waals surface area contributed by atoms with Crippen molar-refractivity contribution in [2.75, 3.05) is 9.80 Å². The van der Waals surface area contributed by atoms with Crippen LogP contribution < -0.4 is 9.80 Å². The summed E-state index contributed by atoms with van der Waals surface area (Å²) in [5.74, 6) is -4.75. The molecule has 2 aliphatic heterocycles. The number of carbonyl (C=O) groups excluding carboxylic acids is 4. The number of hydrogen-bond donors (Lipinski definition) is 0. The second-order valence-corrected chi connectivity index (χ2v) is 11.8. The Morgan fingerprint density at radius 2 is 1.07 bits per heavy atom. The molecule has 2 bridgehead atoms. The van der Waals surface area contributed by atoms with E-state index in [0.717, 1.165) is 27.8 Å². The molecule has 8 rings (SSSR count). The second kappa shape index (κ2) is 8.34. The highest BCUT2D eigenvalue weighted by Crippen LogP contribution is 2.65. The molecular formula is C34H30N2O4. The van der Waals surface area contributed by atoms with Crippen molar-refractivity contribution >= 4 is 35.0 Å². The number of hydrogen-bond acceptors (Lipinski definition) is 4. The van der Waals surface area contributed by atoms with Crippen LogP contribution in [-0.2, 0) is 24.6 Å². The molecule has 3 fully saturated rings. The number of anilines is 2. The summed E-state index contributed by atoms with van der Waals surface area (Å²) in [5.41, 5.74) is 4.54. The lowest BCUT2D eigenvalue weighted by atomic mass is 9.45.